The number of allylic oxidation sites excluding steroid dienone is 1. The molecule has 0 fully saturated rings. The summed E-state index contributed by atoms with van der Waals surface area (Å²) < 4.78 is 81.1. The van der Waals surface area contributed by atoms with Crippen molar-refractivity contribution >= 4 is 70.7 Å². The van der Waals surface area contributed by atoms with Crippen molar-refractivity contribution in [1.29, 1.82) is 10.5 Å². The smallest absolute Gasteiger partial charge is 0.430 e. The Hall–Kier alpha value is -7.46. The number of carboxylic acids is 1. The van der Waals surface area contributed by atoms with E-state index in [1.165, 1.54) is 40.9 Å². The Morgan fingerprint density at radius 2 is 1.14 bits per heavy atom. The van der Waals surface area contributed by atoms with Crippen LogP contribution in [0.25, 0.3) is 35.2 Å². The average molecular weight is 1140 g/mol. The number of alkyl halides is 3. The number of aromatic carboxylic acids is 1. The zero-order chi connectivity index (χ0) is 58.1. The lowest BCUT2D eigenvalue weighted by Crippen LogP contribution is -2.43. The monoisotopic (exact) mass is 1140 g/mol. The summed E-state index contributed by atoms with van der Waals surface area (Å²) in [6.07, 6.45) is 15.4. The molecule has 0 aliphatic carbocycles. The van der Waals surface area contributed by atoms with Crippen LogP contribution < -0.4 is 23.8 Å². The zero-order valence-electron chi connectivity index (χ0n) is 46.5. The van der Waals surface area contributed by atoms with Gasteiger partial charge in [0, 0.05) is 24.4 Å². The van der Waals surface area contributed by atoms with Crippen molar-refractivity contribution < 1.29 is 56.3 Å². The number of rotatable bonds is 33. The molecule has 1 atom stereocenters. The SMILES string of the molecule is [C-]#[N+]C1=C(/C=C/c2sc(/C=C/c3sc(/C=C/c4ccc(N(CC)CCCCCCOC(=O)c5ccccc5C(=O)O)cc4)c(OCCCC)c3OCCCC)c(OCCCC)c2OCCCC)C(C)(C(F)(F)F)OC1=C(C#N)C#N. The van der Waals surface area contributed by atoms with Gasteiger partial charge in [0.05, 0.1) is 70.2 Å². The summed E-state index contributed by atoms with van der Waals surface area (Å²) in [7, 11) is 0. The van der Waals surface area contributed by atoms with Crippen LogP contribution in [-0.2, 0) is 9.47 Å². The number of nitrogens with zero attached hydrogens (tertiary/aromatic N) is 4. The number of carbonyl (C=O) groups excluding carboxylic acids is 1. The van der Waals surface area contributed by atoms with E-state index in [9.17, 15) is 38.4 Å². The molecule has 0 radical (unpaired) electrons. The minimum absolute atomic E-state index is 0.0463. The van der Waals surface area contributed by atoms with Gasteiger partial charge in [-0.25, -0.2) is 14.4 Å². The summed E-state index contributed by atoms with van der Waals surface area (Å²) in [6, 6.07) is 17.5. The topological polar surface area (TPSA) is 165 Å². The van der Waals surface area contributed by atoms with Gasteiger partial charge in [0.1, 0.15) is 12.1 Å². The number of halogens is 3. The number of unbranched alkanes of at least 4 members (excludes halogenated alkanes) is 7. The quantitative estimate of drug-likeness (QED) is 0.0208. The molecule has 426 valence electrons. The highest BCUT2D eigenvalue weighted by Crippen LogP contribution is 2.52. The van der Waals surface area contributed by atoms with E-state index in [1.54, 1.807) is 24.3 Å². The number of hydrogen-bond donors (Lipinski definition) is 1. The largest absolute Gasteiger partial charge is 0.488 e. The Morgan fingerprint density at radius 1 is 0.675 bits per heavy atom. The summed E-state index contributed by atoms with van der Waals surface area (Å²) in [5.74, 6) is -0.551. The fourth-order valence-corrected chi connectivity index (χ4v) is 10.2. The molecule has 18 heteroatoms. The van der Waals surface area contributed by atoms with Crippen LogP contribution in [0.1, 0.15) is 164 Å². The highest BCUT2D eigenvalue weighted by atomic mass is 32.1. The summed E-state index contributed by atoms with van der Waals surface area (Å²) in [5, 5.41) is 28.5. The van der Waals surface area contributed by atoms with E-state index in [-0.39, 0.29) is 17.7 Å². The van der Waals surface area contributed by atoms with Gasteiger partial charge in [0.25, 0.3) is 0 Å². The number of esters is 1. The molecule has 13 nitrogen and oxygen atoms in total. The number of hydrogen-bond acceptors (Lipinski definition) is 13. The second kappa shape index (κ2) is 32.0. The highest BCUT2D eigenvalue weighted by molar-refractivity contribution is 7.15. The third-order valence-electron chi connectivity index (χ3n) is 12.9. The van der Waals surface area contributed by atoms with E-state index in [0.717, 1.165) is 111 Å². The molecule has 0 saturated carbocycles. The van der Waals surface area contributed by atoms with Crippen LogP contribution in [0.2, 0.25) is 0 Å². The maximum absolute atomic E-state index is 14.9. The number of carboxylic acid groups (broad SMARTS) is 1. The fraction of sp³-hybridized carbons (Fsp3) is 0.435. The molecule has 4 aromatic rings. The van der Waals surface area contributed by atoms with Crippen molar-refractivity contribution in [1.82, 2.24) is 0 Å². The van der Waals surface area contributed by atoms with E-state index in [4.69, 9.17) is 35.0 Å². The molecular weight excluding hydrogens is 1070 g/mol. The number of anilines is 1. The first-order valence-electron chi connectivity index (χ1n) is 27.3. The van der Waals surface area contributed by atoms with Crippen LogP contribution in [0.5, 0.6) is 23.0 Å². The van der Waals surface area contributed by atoms with Crippen LogP contribution in [0, 0.1) is 29.2 Å². The summed E-state index contributed by atoms with van der Waals surface area (Å²) in [5.41, 5.74) is -2.87. The fourth-order valence-electron chi connectivity index (χ4n) is 8.24. The van der Waals surface area contributed by atoms with Crippen molar-refractivity contribution in [3.8, 4) is 35.1 Å². The highest BCUT2D eigenvalue weighted by Gasteiger charge is 2.60. The molecule has 3 heterocycles. The molecule has 0 spiro atoms. The molecule has 1 aliphatic heterocycles. The van der Waals surface area contributed by atoms with Gasteiger partial charge in [-0.05, 0) is 113 Å². The molecule has 1 unspecified atom stereocenters. The first kappa shape index (κ1) is 63.4. The third-order valence-corrected chi connectivity index (χ3v) is 15.1. The number of nitriles is 2. The summed E-state index contributed by atoms with van der Waals surface area (Å²) in [6.45, 7) is 22.4. The number of thiophene rings is 2. The molecule has 0 bridgehead atoms. The lowest BCUT2D eigenvalue weighted by Gasteiger charge is -2.29. The van der Waals surface area contributed by atoms with Gasteiger partial charge < -0.3 is 38.4 Å². The molecule has 1 aliphatic rings. The van der Waals surface area contributed by atoms with Crippen molar-refractivity contribution in [3.63, 3.8) is 0 Å². The van der Waals surface area contributed by atoms with Gasteiger partial charge in [-0.1, -0.05) is 96.2 Å². The first-order chi connectivity index (χ1) is 38.6. The van der Waals surface area contributed by atoms with E-state index in [1.807, 2.05) is 38.2 Å². The lowest BCUT2D eigenvalue weighted by molar-refractivity contribution is -0.236. The van der Waals surface area contributed by atoms with Gasteiger partial charge in [0.15, 0.2) is 34.3 Å². The van der Waals surface area contributed by atoms with E-state index >= 15 is 0 Å². The van der Waals surface area contributed by atoms with Crippen molar-refractivity contribution in [2.45, 2.75) is 130 Å². The normalized spacial score (nSPS) is 14.3. The van der Waals surface area contributed by atoms with Crippen LogP contribution in [0.3, 0.4) is 0 Å². The Kier molecular flexibility index (Phi) is 25.3. The van der Waals surface area contributed by atoms with E-state index in [0.29, 0.717) is 72.0 Å². The lowest BCUT2D eigenvalue weighted by atomic mass is 9.94. The number of benzene rings is 2. The minimum atomic E-state index is -5.03. The van der Waals surface area contributed by atoms with Crippen LogP contribution >= 0.6 is 22.7 Å². The molecule has 2 aromatic carbocycles. The van der Waals surface area contributed by atoms with Gasteiger partial charge in [0.2, 0.25) is 11.3 Å². The van der Waals surface area contributed by atoms with Crippen LogP contribution in [0.4, 0.5) is 18.9 Å². The third kappa shape index (κ3) is 16.8. The molecule has 0 amide bonds. The molecule has 2 aromatic heterocycles. The first-order valence-corrected chi connectivity index (χ1v) is 28.9. The standard InChI is InChI=1S/C62H71F3N4O9S2/c1-8-13-36-73-55-49(31-27-43-25-28-45(29-26-43)69(12-5)35-21-17-18-22-40-77-60(72)47-24-20-19-23-46(47)59(70)71)79-51(57(55)75-38-15-10-3)33-34-52-58(76-39-16-11-4)56(74-37-14-9-2)50(80-52)32-30-48-53(68-7)54(44(41-66)42-67)78-61(48,6)62(63,64)65/h19-20,23-34H,8-18,21-22,35-40H2,1-6H3,(H,70,71)/b31-27+,32-30+,34-33+. The van der Waals surface area contributed by atoms with Crippen molar-refractivity contribution in [2.75, 3.05) is 51.0 Å². The van der Waals surface area contributed by atoms with Crippen molar-refractivity contribution in [3.05, 3.63) is 125 Å². The predicted octanol–water partition coefficient (Wildman–Crippen LogP) is 16.6. The molecule has 0 saturated heterocycles. The maximum Gasteiger partial charge on any atom is 0.430 e. The average Bonchev–Trinajstić information content (AvgIpc) is 4.22. The second-order valence-corrected chi connectivity index (χ2v) is 21.0. The van der Waals surface area contributed by atoms with Crippen LogP contribution in [0.15, 0.2) is 77.2 Å². The van der Waals surface area contributed by atoms with E-state index in [2.05, 4.69) is 54.8 Å². The van der Waals surface area contributed by atoms with Gasteiger partial charge >= 0.3 is 18.1 Å². The zero-order valence-corrected chi connectivity index (χ0v) is 48.1. The molecule has 1 N–H and O–H groups in total. The molecule has 5 rings (SSSR count). The summed E-state index contributed by atoms with van der Waals surface area (Å²) in [4.78, 5) is 32.3. The molecule has 80 heavy (non-hydrogen) atoms. The predicted molar refractivity (Wildman–Crippen MR) is 311 cm³/mol. The number of ether oxygens (including phenoxy) is 6. The second-order valence-electron chi connectivity index (χ2n) is 18.8. The molecular formula is C62H71F3N4O9S2. The summed E-state index contributed by atoms with van der Waals surface area (Å²) >= 11 is 2.74. The Morgan fingerprint density at radius 3 is 1.57 bits per heavy atom. The van der Waals surface area contributed by atoms with Crippen molar-refractivity contribution in [2.24, 2.45) is 0 Å². The number of carbonyl (C=O) groups is 2. The van der Waals surface area contributed by atoms with Gasteiger partial charge in [-0.2, -0.15) is 23.7 Å². The Balaban J connectivity index is 1.44. The minimum Gasteiger partial charge on any atom is -0.488 e. The van der Waals surface area contributed by atoms with Gasteiger partial charge in [-0.15, -0.1) is 22.7 Å². The van der Waals surface area contributed by atoms with E-state index < -0.39 is 46.3 Å². The van der Waals surface area contributed by atoms with Gasteiger partial charge in [-0.3, -0.25) is 0 Å². The Bertz CT molecular complexity index is 2990. The van der Waals surface area contributed by atoms with Crippen LogP contribution in [-0.4, -0.2) is 74.9 Å². The maximum atomic E-state index is 14.9. The Labute approximate surface area is 476 Å².